The van der Waals surface area contributed by atoms with Crippen LogP contribution in [0.15, 0.2) is 22.8 Å². The molecule has 1 aromatic heterocycles. The van der Waals surface area contributed by atoms with Gasteiger partial charge in [0.15, 0.2) is 0 Å². The molecule has 1 aromatic rings. The van der Waals surface area contributed by atoms with Gasteiger partial charge in [-0.2, -0.15) is 0 Å². The summed E-state index contributed by atoms with van der Waals surface area (Å²) in [5.74, 6) is 0.797. The molecule has 3 heteroatoms. The molecular weight excluding hydrogens is 300 g/mol. The van der Waals surface area contributed by atoms with E-state index >= 15 is 0 Å². The zero-order valence-corrected chi connectivity index (χ0v) is 13.5. The van der Waals surface area contributed by atoms with Crippen LogP contribution in [0.25, 0.3) is 0 Å². The van der Waals surface area contributed by atoms with E-state index in [0.29, 0.717) is 0 Å². The average Bonchev–Trinajstić information content (AvgIpc) is 2.64. The first-order chi connectivity index (χ1) is 9.28. The van der Waals surface area contributed by atoms with Crippen molar-refractivity contribution >= 4 is 15.9 Å². The minimum Gasteiger partial charge on any atom is -0.314 e. The number of hydrogen-bond acceptors (Lipinski definition) is 2. The van der Waals surface area contributed by atoms with Crippen LogP contribution in [0.1, 0.15) is 51.1 Å². The summed E-state index contributed by atoms with van der Waals surface area (Å²) in [5, 5.41) is 3.71. The van der Waals surface area contributed by atoms with Crippen LogP contribution in [0.5, 0.6) is 0 Å². The molecule has 1 aliphatic carbocycles. The van der Waals surface area contributed by atoms with Gasteiger partial charge in [0.05, 0.1) is 0 Å². The van der Waals surface area contributed by atoms with Gasteiger partial charge in [0.25, 0.3) is 0 Å². The zero-order chi connectivity index (χ0) is 13.5. The third-order valence-electron chi connectivity index (χ3n) is 4.00. The maximum atomic E-state index is 4.52. The average molecular weight is 325 g/mol. The highest BCUT2D eigenvalue weighted by Crippen LogP contribution is 2.26. The molecule has 0 bridgehead atoms. The lowest BCUT2D eigenvalue weighted by molar-refractivity contribution is 0.382. The van der Waals surface area contributed by atoms with Gasteiger partial charge in [-0.3, -0.25) is 4.98 Å². The Bertz CT molecular complexity index is 364. The molecule has 0 radical (unpaired) electrons. The van der Waals surface area contributed by atoms with Crippen LogP contribution in [0.2, 0.25) is 0 Å². The summed E-state index contributed by atoms with van der Waals surface area (Å²) in [6, 6.07) is 4.98. The molecule has 0 saturated heterocycles. The predicted molar refractivity (Wildman–Crippen MR) is 84.3 cm³/mol. The quantitative estimate of drug-likeness (QED) is 0.815. The minimum atomic E-state index is 0.725. The van der Waals surface area contributed by atoms with E-state index in [1.54, 1.807) is 0 Å². The van der Waals surface area contributed by atoms with Gasteiger partial charge in [0.2, 0.25) is 0 Å². The molecule has 2 rings (SSSR count). The molecule has 1 aliphatic rings. The fourth-order valence-electron chi connectivity index (χ4n) is 3.00. The number of halogens is 1. The first-order valence-corrected chi connectivity index (χ1v) is 8.41. The van der Waals surface area contributed by atoms with Crippen molar-refractivity contribution in [3.8, 4) is 0 Å². The van der Waals surface area contributed by atoms with Gasteiger partial charge in [-0.05, 0) is 66.2 Å². The predicted octanol–water partition coefficient (Wildman–Crippen LogP) is 4.34. The van der Waals surface area contributed by atoms with Crippen molar-refractivity contribution in [1.82, 2.24) is 10.3 Å². The summed E-state index contributed by atoms with van der Waals surface area (Å²) in [5.41, 5.74) is 1.24. The van der Waals surface area contributed by atoms with E-state index in [2.05, 4.69) is 45.3 Å². The first-order valence-electron chi connectivity index (χ1n) is 7.61. The second kappa shape index (κ2) is 8.01. The van der Waals surface area contributed by atoms with Gasteiger partial charge in [0, 0.05) is 22.4 Å². The van der Waals surface area contributed by atoms with Gasteiger partial charge in [-0.15, -0.1) is 0 Å². The Morgan fingerprint density at radius 2 is 2.16 bits per heavy atom. The van der Waals surface area contributed by atoms with Gasteiger partial charge < -0.3 is 5.32 Å². The van der Waals surface area contributed by atoms with Gasteiger partial charge in [-0.25, -0.2) is 0 Å². The Kier molecular flexibility index (Phi) is 6.32. The number of hydrogen-bond donors (Lipinski definition) is 1. The molecule has 1 saturated carbocycles. The Balaban J connectivity index is 1.88. The fourth-order valence-corrected chi connectivity index (χ4v) is 3.24. The lowest BCUT2D eigenvalue weighted by atomic mass is 9.93. The van der Waals surface area contributed by atoms with Crippen molar-refractivity contribution in [1.29, 1.82) is 0 Å². The van der Waals surface area contributed by atoms with Crippen molar-refractivity contribution < 1.29 is 0 Å². The molecule has 0 amide bonds. The highest BCUT2D eigenvalue weighted by Gasteiger charge is 2.20. The highest BCUT2D eigenvalue weighted by atomic mass is 79.9. The lowest BCUT2D eigenvalue weighted by Crippen LogP contribution is -2.31. The summed E-state index contributed by atoms with van der Waals surface area (Å²) in [7, 11) is 0. The zero-order valence-electron chi connectivity index (χ0n) is 11.9. The van der Waals surface area contributed by atoms with Crippen molar-refractivity contribution in [2.75, 3.05) is 6.54 Å². The number of rotatable bonds is 5. The Morgan fingerprint density at radius 3 is 2.89 bits per heavy atom. The second-order valence-electron chi connectivity index (χ2n) is 5.71. The Morgan fingerprint density at radius 1 is 1.32 bits per heavy atom. The number of nitrogens with zero attached hydrogens (tertiary/aromatic N) is 1. The number of aromatic nitrogens is 1. The molecule has 106 valence electrons. The molecule has 2 nitrogen and oxygen atoms in total. The normalized spacial score (nSPS) is 24.1. The largest absolute Gasteiger partial charge is 0.314 e. The SMILES string of the molecule is CCCNC1CCCCC(Cc2ccc(Br)cn2)C1. The van der Waals surface area contributed by atoms with Gasteiger partial charge >= 0.3 is 0 Å². The van der Waals surface area contributed by atoms with Crippen LogP contribution < -0.4 is 5.32 Å². The molecule has 2 atom stereocenters. The molecule has 19 heavy (non-hydrogen) atoms. The van der Waals surface area contributed by atoms with Crippen molar-refractivity contribution in [3.05, 3.63) is 28.5 Å². The van der Waals surface area contributed by atoms with Gasteiger partial charge in [-0.1, -0.05) is 26.2 Å². The number of nitrogens with one attached hydrogen (secondary N) is 1. The van der Waals surface area contributed by atoms with E-state index in [0.717, 1.165) is 29.4 Å². The molecule has 2 unspecified atom stereocenters. The van der Waals surface area contributed by atoms with E-state index in [1.165, 1.54) is 44.2 Å². The van der Waals surface area contributed by atoms with E-state index in [4.69, 9.17) is 0 Å². The Hall–Kier alpha value is -0.410. The molecule has 1 N–H and O–H groups in total. The molecule has 1 fully saturated rings. The van der Waals surface area contributed by atoms with Crippen LogP contribution in [0.4, 0.5) is 0 Å². The van der Waals surface area contributed by atoms with Crippen LogP contribution in [0, 0.1) is 5.92 Å². The van der Waals surface area contributed by atoms with Crippen LogP contribution in [-0.4, -0.2) is 17.6 Å². The molecule has 0 spiro atoms. The van der Waals surface area contributed by atoms with Crippen molar-refractivity contribution in [3.63, 3.8) is 0 Å². The monoisotopic (exact) mass is 324 g/mol. The summed E-state index contributed by atoms with van der Waals surface area (Å²) in [6.45, 7) is 3.40. The number of pyridine rings is 1. The molecular formula is C16H25BrN2. The molecule has 0 aromatic carbocycles. The first kappa shape index (κ1) is 15.0. The third-order valence-corrected chi connectivity index (χ3v) is 4.47. The topological polar surface area (TPSA) is 24.9 Å². The highest BCUT2D eigenvalue weighted by molar-refractivity contribution is 9.10. The summed E-state index contributed by atoms with van der Waals surface area (Å²) in [6.07, 6.45) is 11.1. The summed E-state index contributed by atoms with van der Waals surface area (Å²) in [4.78, 5) is 4.52. The smallest absolute Gasteiger partial charge is 0.0413 e. The van der Waals surface area contributed by atoms with Crippen LogP contribution in [-0.2, 0) is 6.42 Å². The maximum absolute atomic E-state index is 4.52. The van der Waals surface area contributed by atoms with E-state index in [9.17, 15) is 0 Å². The minimum absolute atomic E-state index is 0.725. The third kappa shape index (κ3) is 5.23. The second-order valence-corrected chi connectivity index (χ2v) is 6.62. The van der Waals surface area contributed by atoms with Crippen molar-refractivity contribution in [2.24, 2.45) is 5.92 Å². The van der Waals surface area contributed by atoms with E-state index < -0.39 is 0 Å². The summed E-state index contributed by atoms with van der Waals surface area (Å²) >= 11 is 3.45. The van der Waals surface area contributed by atoms with Crippen LogP contribution >= 0.6 is 15.9 Å². The lowest BCUT2D eigenvalue weighted by Gasteiger charge is -2.21. The Labute approximate surface area is 125 Å². The van der Waals surface area contributed by atoms with Crippen LogP contribution in [0.3, 0.4) is 0 Å². The van der Waals surface area contributed by atoms with Crippen molar-refractivity contribution in [2.45, 2.75) is 57.9 Å². The molecule has 1 heterocycles. The van der Waals surface area contributed by atoms with Gasteiger partial charge in [0.1, 0.15) is 0 Å². The summed E-state index contributed by atoms with van der Waals surface area (Å²) < 4.78 is 1.07. The molecule has 0 aliphatic heterocycles. The van der Waals surface area contributed by atoms with E-state index in [1.807, 2.05) is 6.20 Å². The maximum Gasteiger partial charge on any atom is 0.0413 e. The van der Waals surface area contributed by atoms with E-state index in [-0.39, 0.29) is 0 Å². The standard InChI is InChI=1S/C16H25BrN2/c1-2-9-18-15-6-4-3-5-13(10-15)11-16-8-7-14(17)12-19-16/h7-8,12-13,15,18H,2-6,9-11H2,1H3. The fraction of sp³-hybridized carbons (Fsp3) is 0.688.